The Morgan fingerprint density at radius 3 is 2.41 bits per heavy atom. The fourth-order valence-electron chi connectivity index (χ4n) is 4.43. The van der Waals surface area contributed by atoms with Crippen molar-refractivity contribution in [3.05, 3.63) is 42.1 Å². The third-order valence-corrected chi connectivity index (χ3v) is 7.72. The summed E-state index contributed by atoms with van der Waals surface area (Å²) in [7, 11) is 1.02. The number of benzene rings is 1. The van der Waals surface area contributed by atoms with Gasteiger partial charge in [-0.3, -0.25) is 4.79 Å². The normalized spacial score (nSPS) is 20.0. The molecule has 9 heteroatoms. The van der Waals surface area contributed by atoms with E-state index in [4.69, 9.17) is 0 Å². The molecule has 2 N–H and O–H groups in total. The highest BCUT2D eigenvalue weighted by molar-refractivity contribution is 7.89. The maximum absolute atomic E-state index is 12.8. The van der Waals surface area contributed by atoms with Gasteiger partial charge in [-0.25, -0.2) is 18.1 Å². The Morgan fingerprint density at radius 2 is 1.75 bits per heavy atom. The Balaban J connectivity index is 0.000000300. The van der Waals surface area contributed by atoms with Crippen molar-refractivity contribution in [3.8, 4) is 0 Å². The third kappa shape index (κ3) is 4.88. The number of aromatic nitrogens is 1. The lowest BCUT2D eigenvalue weighted by molar-refractivity contribution is 0.0994. The molecule has 0 atom stereocenters. The quantitative estimate of drug-likeness (QED) is 0.717. The lowest BCUT2D eigenvalue weighted by Crippen LogP contribution is -2.26. The predicted octanol–water partition coefficient (Wildman–Crippen LogP) is 3.49. The summed E-state index contributed by atoms with van der Waals surface area (Å²) >= 11 is 0. The highest BCUT2D eigenvalue weighted by Crippen LogP contribution is 2.39. The van der Waals surface area contributed by atoms with Crippen LogP contribution in [0.25, 0.3) is 0 Å². The van der Waals surface area contributed by atoms with Gasteiger partial charge in [-0.15, -0.1) is 0 Å². The largest absolute Gasteiger partial charge is 0.367 e. The zero-order valence-corrected chi connectivity index (χ0v) is 19.5. The molecule has 1 amide bonds. The number of hydrogen-bond donors (Lipinski definition) is 2. The number of carbonyl (C=O) groups excluding carboxylic acids is 1. The first-order valence-corrected chi connectivity index (χ1v) is 12.9. The van der Waals surface area contributed by atoms with Crippen LogP contribution in [0.15, 0.2) is 36.5 Å². The number of sulfonamides is 1. The lowest BCUT2D eigenvalue weighted by Gasteiger charge is -2.26. The molecule has 1 saturated carbocycles. The fraction of sp³-hybridized carbons (Fsp3) is 0.478. The minimum atomic E-state index is -2.80. The molecule has 3 aliphatic rings. The molecule has 2 aromatic rings. The number of nitrogens with zero attached hydrogens (tertiary/aromatic N) is 3. The van der Waals surface area contributed by atoms with Crippen LogP contribution in [0.1, 0.15) is 48.9 Å². The second-order valence-electron chi connectivity index (χ2n) is 8.54. The number of carbonyl (C=O) groups is 1. The molecular formula is C23H31N5O3S. The van der Waals surface area contributed by atoms with Crippen LogP contribution >= 0.6 is 0 Å². The van der Waals surface area contributed by atoms with Crippen LogP contribution in [0.2, 0.25) is 0 Å². The molecule has 1 aliphatic carbocycles. The van der Waals surface area contributed by atoms with Gasteiger partial charge in [-0.05, 0) is 31.4 Å². The lowest BCUT2D eigenvalue weighted by atomic mass is 9.95. The van der Waals surface area contributed by atoms with Gasteiger partial charge in [0.05, 0.1) is 34.6 Å². The standard InChI is InChI=1S/C20H24N4O.C3H7NO2S/c1-23-16-11-7-6-10-15(16)20(25)24(2)18-13-21-19(12-17(18)23)22-14-8-4-3-5-9-14;5-7(6)3-1-2-4-7/h6-7,10-14H,3-5,8-9H2,1-2H3,(H,21,22);4H,1-3H2. The van der Waals surface area contributed by atoms with Gasteiger partial charge >= 0.3 is 0 Å². The van der Waals surface area contributed by atoms with Gasteiger partial charge < -0.3 is 15.1 Å². The van der Waals surface area contributed by atoms with E-state index in [0.29, 0.717) is 23.9 Å². The van der Waals surface area contributed by atoms with E-state index in [1.54, 1.807) is 11.1 Å². The number of anilines is 4. The van der Waals surface area contributed by atoms with Gasteiger partial charge in [-0.1, -0.05) is 31.4 Å². The Hall–Kier alpha value is -2.65. The van der Waals surface area contributed by atoms with Crippen molar-refractivity contribution in [1.29, 1.82) is 0 Å². The van der Waals surface area contributed by atoms with E-state index in [0.717, 1.165) is 29.3 Å². The average molecular weight is 458 g/mol. The van der Waals surface area contributed by atoms with Crippen molar-refractivity contribution in [2.24, 2.45) is 0 Å². The van der Waals surface area contributed by atoms with E-state index < -0.39 is 10.0 Å². The summed E-state index contributed by atoms with van der Waals surface area (Å²) in [4.78, 5) is 21.2. The maximum Gasteiger partial charge on any atom is 0.260 e. The minimum absolute atomic E-state index is 0.00371. The molecule has 1 aromatic carbocycles. The molecule has 1 aromatic heterocycles. The summed E-state index contributed by atoms with van der Waals surface area (Å²) < 4.78 is 23.0. The third-order valence-electron chi connectivity index (χ3n) is 6.25. The molecule has 0 spiro atoms. The van der Waals surface area contributed by atoms with Crippen molar-refractivity contribution < 1.29 is 13.2 Å². The molecule has 3 heterocycles. The topological polar surface area (TPSA) is 94.6 Å². The fourth-order valence-corrected chi connectivity index (χ4v) is 5.55. The van der Waals surface area contributed by atoms with Crippen LogP contribution in [0.3, 0.4) is 0 Å². The van der Waals surface area contributed by atoms with Crippen LogP contribution in [-0.4, -0.2) is 51.7 Å². The summed E-state index contributed by atoms with van der Waals surface area (Å²) in [5.74, 6) is 1.20. The molecule has 5 rings (SSSR count). The van der Waals surface area contributed by atoms with Crippen LogP contribution in [0.5, 0.6) is 0 Å². The van der Waals surface area contributed by atoms with Crippen LogP contribution in [0.4, 0.5) is 22.9 Å². The van der Waals surface area contributed by atoms with Gasteiger partial charge in [-0.2, -0.15) is 0 Å². The van der Waals surface area contributed by atoms with Crippen LogP contribution in [-0.2, 0) is 10.0 Å². The summed E-state index contributed by atoms with van der Waals surface area (Å²) in [5, 5.41) is 3.58. The number of nitrogens with one attached hydrogen (secondary N) is 2. The maximum atomic E-state index is 12.8. The van der Waals surface area contributed by atoms with Gasteiger partial charge in [0.15, 0.2) is 0 Å². The number of amides is 1. The molecule has 1 saturated heterocycles. The first-order valence-electron chi connectivity index (χ1n) is 11.2. The molecule has 0 bridgehead atoms. The minimum Gasteiger partial charge on any atom is -0.367 e. The van der Waals surface area contributed by atoms with Crippen molar-refractivity contribution in [3.63, 3.8) is 0 Å². The van der Waals surface area contributed by atoms with E-state index in [9.17, 15) is 13.2 Å². The van der Waals surface area contributed by atoms with Gasteiger partial charge in [0.1, 0.15) is 5.82 Å². The van der Waals surface area contributed by atoms with Crippen molar-refractivity contribution in [2.75, 3.05) is 41.5 Å². The molecule has 0 unspecified atom stereocenters. The van der Waals surface area contributed by atoms with Gasteiger partial charge in [0, 0.05) is 32.7 Å². The Kier molecular flexibility index (Phi) is 6.66. The number of hydrogen-bond acceptors (Lipinski definition) is 6. The predicted molar refractivity (Wildman–Crippen MR) is 128 cm³/mol. The molecule has 0 radical (unpaired) electrons. The Bertz CT molecular complexity index is 1070. The summed E-state index contributed by atoms with van der Waals surface area (Å²) in [5.41, 5.74) is 3.46. The number of rotatable bonds is 2. The molecular weight excluding hydrogens is 426 g/mol. The van der Waals surface area contributed by atoms with Crippen molar-refractivity contribution >= 4 is 38.8 Å². The SMILES string of the molecule is CN1C(=O)c2ccccc2N(C)c2cc(NC3CCCCC3)ncc21.O=S1(=O)CCCN1. The average Bonchev–Trinajstić information content (AvgIpc) is 3.19. The summed E-state index contributed by atoms with van der Waals surface area (Å²) in [6, 6.07) is 10.3. The molecule has 32 heavy (non-hydrogen) atoms. The second kappa shape index (κ2) is 9.46. The number of para-hydroxylation sites is 1. The monoisotopic (exact) mass is 457 g/mol. The first-order chi connectivity index (χ1) is 15.4. The first kappa shape index (κ1) is 22.5. The molecule has 8 nitrogen and oxygen atoms in total. The molecule has 172 valence electrons. The van der Waals surface area contributed by atoms with Crippen LogP contribution in [0, 0.1) is 0 Å². The second-order valence-corrected chi connectivity index (χ2v) is 10.5. The van der Waals surface area contributed by atoms with E-state index >= 15 is 0 Å². The van der Waals surface area contributed by atoms with E-state index in [-0.39, 0.29) is 5.91 Å². The Labute approximate surface area is 190 Å². The van der Waals surface area contributed by atoms with Gasteiger partial charge in [0.25, 0.3) is 5.91 Å². The van der Waals surface area contributed by atoms with Crippen molar-refractivity contribution in [1.82, 2.24) is 9.71 Å². The molecule has 2 fully saturated rings. The smallest absolute Gasteiger partial charge is 0.260 e. The van der Waals surface area contributed by atoms with E-state index in [2.05, 4.69) is 26.0 Å². The highest BCUT2D eigenvalue weighted by atomic mass is 32.2. The molecule has 2 aliphatic heterocycles. The zero-order chi connectivity index (χ0) is 22.7. The summed E-state index contributed by atoms with van der Waals surface area (Å²) in [6.45, 7) is 0.627. The number of pyridine rings is 1. The van der Waals surface area contributed by atoms with Crippen molar-refractivity contribution in [2.45, 2.75) is 44.6 Å². The van der Waals surface area contributed by atoms with E-state index in [1.165, 1.54) is 32.1 Å². The zero-order valence-electron chi connectivity index (χ0n) is 18.7. The highest BCUT2D eigenvalue weighted by Gasteiger charge is 2.28. The van der Waals surface area contributed by atoms with Crippen LogP contribution < -0.4 is 19.8 Å². The summed E-state index contributed by atoms with van der Waals surface area (Å²) in [6.07, 6.45) is 8.89. The van der Waals surface area contributed by atoms with E-state index in [1.807, 2.05) is 38.4 Å². The van der Waals surface area contributed by atoms with Gasteiger partial charge in [0.2, 0.25) is 10.0 Å². The Morgan fingerprint density at radius 1 is 1.00 bits per heavy atom. The number of fused-ring (bicyclic) bond motifs is 2.